The predicted molar refractivity (Wildman–Crippen MR) is 94.3 cm³/mol. The van der Waals surface area contributed by atoms with Gasteiger partial charge in [0.1, 0.15) is 5.82 Å². The second kappa shape index (κ2) is 9.42. The van der Waals surface area contributed by atoms with E-state index in [0.29, 0.717) is 18.7 Å². The van der Waals surface area contributed by atoms with Crippen molar-refractivity contribution in [2.75, 3.05) is 6.54 Å². The van der Waals surface area contributed by atoms with Crippen molar-refractivity contribution in [1.82, 2.24) is 16.0 Å². The molecular formula is C19H22FN3O2. The van der Waals surface area contributed by atoms with Gasteiger partial charge in [-0.15, -0.1) is 0 Å². The average Bonchev–Trinajstić information content (AvgIpc) is 2.62. The standard InChI is InChI=1S/C19H22FN3O2/c1-14-11-16(7-8-17(14)20)13-22-18(24)9-10-21-19(25)23-12-15-5-3-2-4-6-15/h2-8,11H,9-10,12-13H2,1H3,(H,22,24)(H2,21,23,25). The lowest BCUT2D eigenvalue weighted by Crippen LogP contribution is -2.37. The third-order valence-corrected chi connectivity index (χ3v) is 3.65. The molecule has 0 unspecified atom stereocenters. The third kappa shape index (κ3) is 6.63. The highest BCUT2D eigenvalue weighted by Crippen LogP contribution is 2.08. The lowest BCUT2D eigenvalue weighted by Gasteiger charge is -2.09. The molecule has 0 spiro atoms. The van der Waals surface area contributed by atoms with Gasteiger partial charge in [0.15, 0.2) is 0 Å². The highest BCUT2D eigenvalue weighted by atomic mass is 19.1. The minimum Gasteiger partial charge on any atom is -0.352 e. The van der Waals surface area contributed by atoms with E-state index in [4.69, 9.17) is 0 Å². The molecule has 3 amide bonds. The van der Waals surface area contributed by atoms with Crippen molar-refractivity contribution < 1.29 is 14.0 Å². The van der Waals surface area contributed by atoms with Crippen LogP contribution in [-0.2, 0) is 17.9 Å². The van der Waals surface area contributed by atoms with Gasteiger partial charge in [0.05, 0.1) is 0 Å². The molecule has 2 rings (SSSR count). The van der Waals surface area contributed by atoms with E-state index in [1.807, 2.05) is 30.3 Å². The molecule has 0 heterocycles. The molecule has 0 fully saturated rings. The number of aryl methyl sites for hydroxylation is 1. The van der Waals surface area contributed by atoms with Gasteiger partial charge in [-0.05, 0) is 29.7 Å². The lowest BCUT2D eigenvalue weighted by molar-refractivity contribution is -0.121. The zero-order valence-electron chi connectivity index (χ0n) is 14.1. The van der Waals surface area contributed by atoms with Crippen molar-refractivity contribution in [2.45, 2.75) is 26.4 Å². The van der Waals surface area contributed by atoms with Crippen LogP contribution in [0.3, 0.4) is 0 Å². The largest absolute Gasteiger partial charge is 0.352 e. The summed E-state index contributed by atoms with van der Waals surface area (Å²) in [4.78, 5) is 23.4. The number of carbonyl (C=O) groups is 2. The summed E-state index contributed by atoms with van der Waals surface area (Å²) in [7, 11) is 0. The van der Waals surface area contributed by atoms with Gasteiger partial charge in [-0.25, -0.2) is 9.18 Å². The van der Waals surface area contributed by atoms with Crippen molar-refractivity contribution >= 4 is 11.9 Å². The molecule has 0 saturated heterocycles. The van der Waals surface area contributed by atoms with Gasteiger partial charge >= 0.3 is 6.03 Å². The zero-order chi connectivity index (χ0) is 18.1. The van der Waals surface area contributed by atoms with Gasteiger partial charge in [0.2, 0.25) is 5.91 Å². The van der Waals surface area contributed by atoms with Crippen molar-refractivity contribution in [3.8, 4) is 0 Å². The summed E-state index contributed by atoms with van der Waals surface area (Å²) < 4.78 is 13.2. The van der Waals surface area contributed by atoms with Gasteiger partial charge in [-0.1, -0.05) is 42.5 Å². The van der Waals surface area contributed by atoms with Crippen molar-refractivity contribution in [2.24, 2.45) is 0 Å². The van der Waals surface area contributed by atoms with E-state index in [-0.39, 0.29) is 30.7 Å². The summed E-state index contributed by atoms with van der Waals surface area (Å²) in [6.07, 6.45) is 0.179. The van der Waals surface area contributed by atoms with Crippen LogP contribution in [-0.4, -0.2) is 18.5 Å². The van der Waals surface area contributed by atoms with Gasteiger partial charge in [-0.3, -0.25) is 4.79 Å². The molecule has 25 heavy (non-hydrogen) atoms. The summed E-state index contributed by atoms with van der Waals surface area (Å²) in [5, 5.41) is 8.11. The number of carbonyl (C=O) groups excluding carboxylic acids is 2. The fourth-order valence-corrected chi connectivity index (χ4v) is 2.24. The smallest absolute Gasteiger partial charge is 0.315 e. The van der Waals surface area contributed by atoms with Crippen LogP contribution in [0.5, 0.6) is 0 Å². The van der Waals surface area contributed by atoms with E-state index in [1.165, 1.54) is 6.07 Å². The number of rotatable bonds is 7. The minimum absolute atomic E-state index is 0.176. The first-order valence-electron chi connectivity index (χ1n) is 8.12. The molecule has 0 aliphatic carbocycles. The SMILES string of the molecule is Cc1cc(CNC(=O)CCNC(=O)NCc2ccccc2)ccc1F. The zero-order valence-corrected chi connectivity index (χ0v) is 14.1. The van der Waals surface area contributed by atoms with Gasteiger partial charge in [0, 0.05) is 26.1 Å². The molecule has 0 atom stereocenters. The highest BCUT2D eigenvalue weighted by Gasteiger charge is 2.05. The maximum atomic E-state index is 13.2. The Morgan fingerprint density at radius 3 is 2.36 bits per heavy atom. The first-order chi connectivity index (χ1) is 12.0. The Bertz CT molecular complexity index is 720. The Balaban J connectivity index is 1.61. The molecule has 0 saturated carbocycles. The van der Waals surface area contributed by atoms with Crippen LogP contribution < -0.4 is 16.0 Å². The maximum absolute atomic E-state index is 13.2. The fraction of sp³-hybridized carbons (Fsp3) is 0.263. The summed E-state index contributed by atoms with van der Waals surface area (Å²) >= 11 is 0. The molecule has 0 bridgehead atoms. The number of benzene rings is 2. The first kappa shape index (κ1) is 18.4. The molecule has 6 heteroatoms. The molecule has 5 nitrogen and oxygen atoms in total. The number of nitrogens with one attached hydrogen (secondary N) is 3. The van der Waals surface area contributed by atoms with Crippen LogP contribution in [0.25, 0.3) is 0 Å². The molecule has 132 valence electrons. The molecule has 0 aromatic heterocycles. The Hall–Kier alpha value is -2.89. The van der Waals surface area contributed by atoms with E-state index in [9.17, 15) is 14.0 Å². The van der Waals surface area contributed by atoms with Crippen LogP contribution in [0.15, 0.2) is 48.5 Å². The Morgan fingerprint density at radius 1 is 0.920 bits per heavy atom. The van der Waals surface area contributed by atoms with Crippen molar-refractivity contribution in [3.63, 3.8) is 0 Å². The van der Waals surface area contributed by atoms with Gasteiger partial charge in [-0.2, -0.15) is 0 Å². The molecule has 0 radical (unpaired) electrons. The quantitative estimate of drug-likeness (QED) is 0.723. The predicted octanol–water partition coefficient (Wildman–Crippen LogP) is 2.64. The van der Waals surface area contributed by atoms with Gasteiger partial charge < -0.3 is 16.0 Å². The molecule has 3 N–H and O–H groups in total. The topological polar surface area (TPSA) is 70.2 Å². The summed E-state index contributed by atoms with van der Waals surface area (Å²) in [5.74, 6) is -0.439. The number of hydrogen-bond donors (Lipinski definition) is 3. The maximum Gasteiger partial charge on any atom is 0.315 e. The molecule has 0 aliphatic rings. The Kier molecular flexibility index (Phi) is 6.95. The van der Waals surface area contributed by atoms with E-state index >= 15 is 0 Å². The minimum atomic E-state index is -0.314. The molecule has 2 aromatic rings. The van der Waals surface area contributed by atoms with Gasteiger partial charge in [0.25, 0.3) is 0 Å². The van der Waals surface area contributed by atoms with E-state index < -0.39 is 0 Å². The normalized spacial score (nSPS) is 10.2. The Morgan fingerprint density at radius 2 is 1.64 bits per heavy atom. The van der Waals surface area contributed by atoms with Crippen LogP contribution in [0.1, 0.15) is 23.1 Å². The van der Waals surface area contributed by atoms with Crippen LogP contribution in [0.2, 0.25) is 0 Å². The number of amides is 3. The third-order valence-electron chi connectivity index (χ3n) is 3.65. The molecular weight excluding hydrogens is 321 g/mol. The van der Waals surface area contributed by atoms with Crippen LogP contribution in [0, 0.1) is 12.7 Å². The summed E-state index contributed by atoms with van der Waals surface area (Å²) in [5.41, 5.74) is 2.38. The first-order valence-corrected chi connectivity index (χ1v) is 8.12. The monoisotopic (exact) mass is 343 g/mol. The number of hydrogen-bond acceptors (Lipinski definition) is 2. The molecule has 2 aromatic carbocycles. The summed E-state index contributed by atoms with van der Waals surface area (Å²) in [6.45, 7) is 2.69. The lowest BCUT2D eigenvalue weighted by atomic mass is 10.1. The second-order valence-corrected chi connectivity index (χ2v) is 5.71. The van der Waals surface area contributed by atoms with Crippen molar-refractivity contribution in [3.05, 3.63) is 71.0 Å². The summed E-state index contributed by atoms with van der Waals surface area (Å²) in [6, 6.07) is 14.0. The van der Waals surface area contributed by atoms with E-state index in [0.717, 1.165) is 11.1 Å². The fourth-order valence-electron chi connectivity index (χ4n) is 2.24. The Labute approximate surface area is 146 Å². The number of urea groups is 1. The molecule has 0 aliphatic heterocycles. The van der Waals surface area contributed by atoms with E-state index in [1.54, 1.807) is 19.1 Å². The number of halogens is 1. The average molecular weight is 343 g/mol. The van der Waals surface area contributed by atoms with Crippen LogP contribution in [0.4, 0.5) is 9.18 Å². The second-order valence-electron chi connectivity index (χ2n) is 5.71. The van der Waals surface area contributed by atoms with Crippen molar-refractivity contribution in [1.29, 1.82) is 0 Å². The van der Waals surface area contributed by atoms with Crippen LogP contribution >= 0.6 is 0 Å². The van der Waals surface area contributed by atoms with E-state index in [2.05, 4.69) is 16.0 Å². The highest BCUT2D eigenvalue weighted by molar-refractivity contribution is 5.78.